The highest BCUT2D eigenvalue weighted by molar-refractivity contribution is 6.30. The van der Waals surface area contributed by atoms with Crippen LogP contribution in [0.15, 0.2) is 52.0 Å². The second kappa shape index (κ2) is 7.80. The molecule has 0 spiro atoms. The van der Waals surface area contributed by atoms with Crippen LogP contribution < -0.4 is 11.1 Å². The lowest BCUT2D eigenvalue weighted by Gasteiger charge is -2.07. The largest absolute Gasteiger partial charge is 0.370 e. The zero-order valence-electron chi connectivity index (χ0n) is 14.8. The van der Waals surface area contributed by atoms with Gasteiger partial charge < -0.3 is 15.6 Å². The number of fused-ring (bicyclic) bond motifs is 1. The SMILES string of the molecule is NC(=NCCc1nc(-c2cccc(Cl)c2)no1)Nc1ccc2c(c1)CCC2. The lowest BCUT2D eigenvalue weighted by Crippen LogP contribution is -2.23. The van der Waals surface area contributed by atoms with Crippen molar-refractivity contribution in [1.82, 2.24) is 10.1 Å². The number of hydrogen-bond acceptors (Lipinski definition) is 4. The summed E-state index contributed by atoms with van der Waals surface area (Å²) < 4.78 is 5.27. The molecule has 0 fully saturated rings. The summed E-state index contributed by atoms with van der Waals surface area (Å²) in [4.78, 5) is 8.71. The lowest BCUT2D eigenvalue weighted by atomic mass is 10.1. The summed E-state index contributed by atoms with van der Waals surface area (Å²) >= 11 is 5.99. The Morgan fingerprint density at radius 2 is 2.07 bits per heavy atom. The number of anilines is 1. The molecule has 0 saturated carbocycles. The number of rotatable bonds is 5. The van der Waals surface area contributed by atoms with E-state index in [1.165, 1.54) is 24.0 Å². The normalized spacial score (nSPS) is 13.6. The number of nitrogens with one attached hydrogen (secondary N) is 1. The molecular weight excluding hydrogens is 362 g/mol. The summed E-state index contributed by atoms with van der Waals surface area (Å²) in [7, 11) is 0. The van der Waals surface area contributed by atoms with Gasteiger partial charge in [0.25, 0.3) is 0 Å². The van der Waals surface area contributed by atoms with Crippen LogP contribution in [0, 0.1) is 0 Å². The molecule has 4 rings (SSSR count). The first-order chi connectivity index (χ1) is 13.2. The summed E-state index contributed by atoms with van der Waals surface area (Å²) in [5.74, 6) is 1.40. The fraction of sp³-hybridized carbons (Fsp3) is 0.250. The third-order valence-corrected chi connectivity index (χ3v) is 4.76. The molecule has 0 aliphatic heterocycles. The predicted molar refractivity (Wildman–Crippen MR) is 107 cm³/mol. The van der Waals surface area contributed by atoms with Gasteiger partial charge in [-0.3, -0.25) is 4.99 Å². The molecular formula is C20H20ClN5O. The van der Waals surface area contributed by atoms with Crippen molar-refractivity contribution in [3.05, 3.63) is 64.5 Å². The number of nitrogens with two attached hydrogens (primary N) is 1. The number of guanidine groups is 1. The van der Waals surface area contributed by atoms with Crippen LogP contribution in [0.3, 0.4) is 0 Å². The van der Waals surface area contributed by atoms with E-state index >= 15 is 0 Å². The van der Waals surface area contributed by atoms with E-state index in [4.69, 9.17) is 21.9 Å². The number of nitrogens with zero attached hydrogens (tertiary/aromatic N) is 3. The average molecular weight is 382 g/mol. The van der Waals surface area contributed by atoms with Crippen LogP contribution in [0.1, 0.15) is 23.4 Å². The molecule has 1 aliphatic carbocycles. The third-order valence-electron chi connectivity index (χ3n) is 4.53. The Hall–Kier alpha value is -2.86. The van der Waals surface area contributed by atoms with E-state index in [0.29, 0.717) is 35.7 Å². The average Bonchev–Trinajstić information content (AvgIpc) is 3.30. The Morgan fingerprint density at radius 1 is 1.19 bits per heavy atom. The molecule has 6 nitrogen and oxygen atoms in total. The minimum Gasteiger partial charge on any atom is -0.370 e. The molecule has 0 atom stereocenters. The minimum atomic E-state index is 0.377. The molecule has 2 aromatic carbocycles. The van der Waals surface area contributed by atoms with Gasteiger partial charge in [0.15, 0.2) is 5.96 Å². The number of aromatic nitrogens is 2. The van der Waals surface area contributed by atoms with Gasteiger partial charge in [0, 0.05) is 22.7 Å². The van der Waals surface area contributed by atoms with Gasteiger partial charge in [0.05, 0.1) is 6.54 Å². The topological polar surface area (TPSA) is 89.3 Å². The molecule has 1 aromatic heterocycles. The maximum absolute atomic E-state index is 5.99. The second-order valence-corrected chi connectivity index (χ2v) is 6.94. The minimum absolute atomic E-state index is 0.377. The number of hydrogen-bond donors (Lipinski definition) is 2. The van der Waals surface area contributed by atoms with Gasteiger partial charge in [-0.1, -0.05) is 35.0 Å². The van der Waals surface area contributed by atoms with E-state index in [1.807, 2.05) is 18.2 Å². The zero-order chi connectivity index (χ0) is 18.6. The molecule has 138 valence electrons. The van der Waals surface area contributed by atoms with Crippen LogP contribution in [0.25, 0.3) is 11.4 Å². The van der Waals surface area contributed by atoms with Crippen molar-refractivity contribution in [2.75, 3.05) is 11.9 Å². The Balaban J connectivity index is 1.33. The summed E-state index contributed by atoms with van der Waals surface area (Å²) in [5, 5.41) is 7.76. The van der Waals surface area contributed by atoms with Gasteiger partial charge in [-0.15, -0.1) is 0 Å². The van der Waals surface area contributed by atoms with Crippen LogP contribution >= 0.6 is 11.6 Å². The third kappa shape index (κ3) is 4.28. The zero-order valence-corrected chi connectivity index (χ0v) is 15.5. The summed E-state index contributed by atoms with van der Waals surface area (Å²) in [5.41, 5.74) is 10.6. The Kier molecular flexibility index (Phi) is 5.07. The molecule has 3 aromatic rings. The van der Waals surface area contributed by atoms with Crippen molar-refractivity contribution in [2.24, 2.45) is 10.7 Å². The molecule has 0 bridgehead atoms. The van der Waals surface area contributed by atoms with E-state index in [0.717, 1.165) is 17.7 Å². The highest BCUT2D eigenvalue weighted by Crippen LogP contribution is 2.24. The van der Waals surface area contributed by atoms with Crippen LogP contribution in [-0.4, -0.2) is 22.6 Å². The van der Waals surface area contributed by atoms with Crippen LogP contribution in [0.5, 0.6) is 0 Å². The van der Waals surface area contributed by atoms with Crippen molar-refractivity contribution >= 4 is 23.2 Å². The first-order valence-corrected chi connectivity index (χ1v) is 9.32. The van der Waals surface area contributed by atoms with E-state index in [9.17, 15) is 0 Å². The molecule has 7 heteroatoms. The van der Waals surface area contributed by atoms with E-state index in [-0.39, 0.29) is 0 Å². The smallest absolute Gasteiger partial charge is 0.228 e. The summed E-state index contributed by atoms with van der Waals surface area (Å²) in [6.45, 7) is 0.459. The molecule has 1 heterocycles. The van der Waals surface area contributed by atoms with Crippen molar-refractivity contribution in [3.63, 3.8) is 0 Å². The van der Waals surface area contributed by atoms with Crippen LogP contribution in [0.2, 0.25) is 5.02 Å². The number of aliphatic imine (C=N–C) groups is 1. The number of benzene rings is 2. The number of aryl methyl sites for hydroxylation is 2. The van der Waals surface area contributed by atoms with Crippen molar-refractivity contribution in [2.45, 2.75) is 25.7 Å². The highest BCUT2D eigenvalue weighted by Gasteiger charge is 2.11. The second-order valence-electron chi connectivity index (χ2n) is 6.50. The highest BCUT2D eigenvalue weighted by atomic mass is 35.5. The van der Waals surface area contributed by atoms with Crippen LogP contribution in [-0.2, 0) is 19.3 Å². The quantitative estimate of drug-likeness (QED) is 0.517. The van der Waals surface area contributed by atoms with Gasteiger partial charge in [-0.05, 0) is 54.7 Å². The Labute approximate surface area is 162 Å². The predicted octanol–water partition coefficient (Wildman–Crippen LogP) is 3.85. The van der Waals surface area contributed by atoms with Gasteiger partial charge in [0.1, 0.15) is 0 Å². The summed E-state index contributed by atoms with van der Waals surface area (Å²) in [6.07, 6.45) is 4.04. The monoisotopic (exact) mass is 381 g/mol. The van der Waals surface area contributed by atoms with Crippen molar-refractivity contribution in [1.29, 1.82) is 0 Å². The Morgan fingerprint density at radius 3 is 2.96 bits per heavy atom. The first kappa shape index (κ1) is 17.5. The van der Waals surface area contributed by atoms with Gasteiger partial charge in [-0.25, -0.2) is 0 Å². The van der Waals surface area contributed by atoms with Gasteiger partial charge in [0.2, 0.25) is 11.7 Å². The van der Waals surface area contributed by atoms with Crippen molar-refractivity contribution in [3.8, 4) is 11.4 Å². The van der Waals surface area contributed by atoms with Gasteiger partial charge >= 0.3 is 0 Å². The molecule has 3 N–H and O–H groups in total. The van der Waals surface area contributed by atoms with Gasteiger partial charge in [-0.2, -0.15) is 4.98 Å². The van der Waals surface area contributed by atoms with E-state index in [1.54, 1.807) is 12.1 Å². The molecule has 27 heavy (non-hydrogen) atoms. The fourth-order valence-electron chi connectivity index (χ4n) is 3.21. The van der Waals surface area contributed by atoms with E-state index < -0.39 is 0 Å². The molecule has 1 aliphatic rings. The first-order valence-electron chi connectivity index (χ1n) is 8.95. The van der Waals surface area contributed by atoms with Crippen LogP contribution in [0.4, 0.5) is 5.69 Å². The lowest BCUT2D eigenvalue weighted by molar-refractivity contribution is 0.380. The molecule has 0 radical (unpaired) electrons. The van der Waals surface area contributed by atoms with E-state index in [2.05, 4.69) is 32.6 Å². The molecule has 0 amide bonds. The maximum atomic E-state index is 5.99. The summed E-state index contributed by atoms with van der Waals surface area (Å²) in [6, 6.07) is 13.7. The number of halogens is 1. The molecule has 0 unspecified atom stereocenters. The maximum Gasteiger partial charge on any atom is 0.228 e. The Bertz CT molecular complexity index is 982. The standard InChI is InChI=1S/C20H20ClN5O/c21-16-6-2-5-15(11-16)19-25-18(27-26-19)9-10-23-20(22)24-17-8-7-13-3-1-4-14(13)12-17/h2,5-8,11-12H,1,3-4,9-10H2,(H3,22,23,24). The molecule has 0 saturated heterocycles. The van der Waals surface area contributed by atoms with Crippen molar-refractivity contribution < 1.29 is 4.52 Å². The fourth-order valence-corrected chi connectivity index (χ4v) is 3.40.